The first-order valence-corrected chi connectivity index (χ1v) is 8.12. The fourth-order valence-corrected chi connectivity index (χ4v) is 2.91. The highest BCUT2D eigenvalue weighted by Crippen LogP contribution is 2.21. The Bertz CT molecular complexity index is 830. The van der Waals surface area contributed by atoms with E-state index in [1.165, 1.54) is 12.1 Å². The van der Waals surface area contributed by atoms with Crippen molar-refractivity contribution in [3.63, 3.8) is 0 Å². The van der Waals surface area contributed by atoms with Crippen LogP contribution in [-0.2, 0) is 0 Å². The van der Waals surface area contributed by atoms with Gasteiger partial charge in [-0.05, 0) is 55.7 Å². The molecule has 0 bridgehead atoms. The first-order valence-electron chi connectivity index (χ1n) is 8.12. The molecule has 0 aromatic heterocycles. The van der Waals surface area contributed by atoms with Crippen molar-refractivity contribution in [3.05, 3.63) is 64.7 Å². The third kappa shape index (κ3) is 3.52. The van der Waals surface area contributed by atoms with Gasteiger partial charge in [0.25, 0.3) is 11.8 Å². The molecule has 3 rings (SSSR count). The van der Waals surface area contributed by atoms with Crippen LogP contribution in [0.15, 0.2) is 36.4 Å². The number of amides is 2. The molecule has 1 aliphatic rings. The highest BCUT2D eigenvalue weighted by atomic mass is 19.2. The predicted molar refractivity (Wildman–Crippen MR) is 90.6 cm³/mol. The van der Waals surface area contributed by atoms with Crippen LogP contribution in [0.5, 0.6) is 0 Å². The van der Waals surface area contributed by atoms with E-state index in [0.717, 1.165) is 32.0 Å². The molecule has 25 heavy (non-hydrogen) atoms. The van der Waals surface area contributed by atoms with Crippen LogP contribution in [-0.4, -0.2) is 29.8 Å². The lowest BCUT2D eigenvalue weighted by Crippen LogP contribution is -2.27. The van der Waals surface area contributed by atoms with E-state index >= 15 is 0 Å². The molecule has 2 aromatic carbocycles. The second-order valence-corrected chi connectivity index (χ2v) is 6.08. The molecule has 0 saturated carbocycles. The minimum atomic E-state index is -1.18. The molecule has 0 radical (unpaired) electrons. The average molecular weight is 344 g/mol. The second-order valence-electron chi connectivity index (χ2n) is 6.08. The number of nitrogens with zero attached hydrogens (tertiary/aromatic N) is 1. The quantitative estimate of drug-likeness (QED) is 0.922. The van der Waals surface area contributed by atoms with Gasteiger partial charge < -0.3 is 10.2 Å². The molecule has 1 aliphatic heterocycles. The topological polar surface area (TPSA) is 49.4 Å². The summed E-state index contributed by atoms with van der Waals surface area (Å²) in [7, 11) is 0. The van der Waals surface area contributed by atoms with Crippen molar-refractivity contribution in [3.8, 4) is 0 Å². The molecule has 0 atom stereocenters. The van der Waals surface area contributed by atoms with E-state index in [2.05, 4.69) is 5.32 Å². The van der Waals surface area contributed by atoms with Crippen LogP contribution in [0.2, 0.25) is 0 Å². The third-order valence-electron chi connectivity index (χ3n) is 4.31. The van der Waals surface area contributed by atoms with Gasteiger partial charge in [0.1, 0.15) is 0 Å². The zero-order valence-corrected chi connectivity index (χ0v) is 13.8. The maximum absolute atomic E-state index is 13.7. The van der Waals surface area contributed by atoms with Crippen LogP contribution in [0, 0.1) is 18.6 Å². The summed E-state index contributed by atoms with van der Waals surface area (Å²) in [6.07, 6.45) is 2.02. The van der Waals surface area contributed by atoms with Gasteiger partial charge in [-0.25, -0.2) is 8.78 Å². The third-order valence-corrected chi connectivity index (χ3v) is 4.31. The number of carbonyl (C=O) groups is 2. The summed E-state index contributed by atoms with van der Waals surface area (Å²) in [6.45, 7) is 3.27. The maximum atomic E-state index is 13.7. The van der Waals surface area contributed by atoms with Gasteiger partial charge in [-0.15, -0.1) is 0 Å². The minimum absolute atomic E-state index is 0.0327. The number of rotatable bonds is 3. The molecule has 1 N–H and O–H groups in total. The van der Waals surface area contributed by atoms with E-state index in [1.807, 2.05) is 0 Å². The smallest absolute Gasteiger partial charge is 0.258 e. The summed E-state index contributed by atoms with van der Waals surface area (Å²) < 4.78 is 27.0. The summed E-state index contributed by atoms with van der Waals surface area (Å²) >= 11 is 0. The van der Waals surface area contributed by atoms with E-state index in [0.29, 0.717) is 16.8 Å². The normalized spacial score (nSPS) is 13.8. The lowest BCUT2D eigenvalue weighted by Gasteiger charge is -2.16. The number of hydrogen-bond donors (Lipinski definition) is 1. The Morgan fingerprint density at radius 2 is 1.80 bits per heavy atom. The van der Waals surface area contributed by atoms with E-state index in [9.17, 15) is 18.4 Å². The van der Waals surface area contributed by atoms with E-state index in [-0.39, 0.29) is 11.5 Å². The van der Waals surface area contributed by atoms with Gasteiger partial charge in [-0.3, -0.25) is 9.59 Å². The van der Waals surface area contributed by atoms with Gasteiger partial charge in [0, 0.05) is 24.3 Å². The van der Waals surface area contributed by atoms with Crippen molar-refractivity contribution >= 4 is 17.5 Å². The van der Waals surface area contributed by atoms with Crippen LogP contribution in [0.4, 0.5) is 14.5 Å². The number of hydrogen-bond acceptors (Lipinski definition) is 2. The molecule has 1 saturated heterocycles. The van der Waals surface area contributed by atoms with Gasteiger partial charge in [0.2, 0.25) is 0 Å². The van der Waals surface area contributed by atoms with Crippen LogP contribution < -0.4 is 5.32 Å². The molecular weight excluding hydrogens is 326 g/mol. The number of halogens is 2. The highest BCUT2D eigenvalue weighted by Gasteiger charge is 2.20. The Kier molecular flexibility index (Phi) is 4.79. The van der Waals surface area contributed by atoms with Crippen molar-refractivity contribution in [2.45, 2.75) is 19.8 Å². The van der Waals surface area contributed by atoms with Crippen molar-refractivity contribution in [1.82, 2.24) is 4.90 Å². The molecule has 1 fully saturated rings. The van der Waals surface area contributed by atoms with Crippen molar-refractivity contribution in [2.24, 2.45) is 0 Å². The Balaban J connectivity index is 1.78. The number of anilines is 1. The maximum Gasteiger partial charge on any atom is 0.258 e. The molecule has 2 amide bonds. The number of nitrogens with one attached hydrogen (secondary N) is 1. The summed E-state index contributed by atoms with van der Waals surface area (Å²) in [6, 6.07) is 8.37. The summed E-state index contributed by atoms with van der Waals surface area (Å²) in [4.78, 5) is 26.4. The largest absolute Gasteiger partial charge is 0.339 e. The van der Waals surface area contributed by atoms with Crippen molar-refractivity contribution in [2.75, 3.05) is 18.4 Å². The first-order chi connectivity index (χ1) is 12.0. The lowest BCUT2D eigenvalue weighted by atomic mass is 10.1. The summed E-state index contributed by atoms with van der Waals surface area (Å²) in [5, 5.41) is 2.56. The zero-order valence-electron chi connectivity index (χ0n) is 13.8. The van der Waals surface area contributed by atoms with Gasteiger partial charge in [0.05, 0.1) is 5.56 Å². The molecule has 0 aliphatic carbocycles. The number of carbonyl (C=O) groups excluding carboxylic acids is 2. The van der Waals surface area contributed by atoms with Gasteiger partial charge in [0.15, 0.2) is 11.6 Å². The van der Waals surface area contributed by atoms with Crippen LogP contribution in [0.3, 0.4) is 0 Å². The monoisotopic (exact) mass is 344 g/mol. The molecule has 0 unspecified atom stereocenters. The average Bonchev–Trinajstić information content (AvgIpc) is 3.13. The Hall–Kier alpha value is -2.76. The zero-order chi connectivity index (χ0) is 18.0. The summed E-state index contributed by atoms with van der Waals surface area (Å²) in [5.41, 5.74) is 1.31. The van der Waals surface area contributed by atoms with E-state index < -0.39 is 17.5 Å². The van der Waals surface area contributed by atoms with Crippen molar-refractivity contribution in [1.29, 1.82) is 0 Å². The molecule has 1 heterocycles. The van der Waals surface area contributed by atoms with Gasteiger partial charge in [-0.2, -0.15) is 0 Å². The number of likely N-dealkylation sites (tertiary alicyclic amines) is 1. The summed E-state index contributed by atoms with van der Waals surface area (Å²) in [5.74, 6) is -3.03. The molecular formula is C19H18F2N2O2. The fourth-order valence-electron chi connectivity index (χ4n) is 2.91. The van der Waals surface area contributed by atoms with Crippen molar-refractivity contribution < 1.29 is 18.4 Å². The first kappa shape index (κ1) is 17.1. The Morgan fingerprint density at radius 1 is 1.08 bits per heavy atom. The highest BCUT2D eigenvalue weighted by molar-refractivity contribution is 6.05. The fraction of sp³-hybridized carbons (Fsp3) is 0.263. The molecule has 4 nitrogen and oxygen atoms in total. The van der Waals surface area contributed by atoms with Crippen LogP contribution >= 0.6 is 0 Å². The molecule has 6 heteroatoms. The van der Waals surface area contributed by atoms with E-state index in [1.54, 1.807) is 30.0 Å². The number of aryl methyl sites for hydroxylation is 1. The van der Waals surface area contributed by atoms with Gasteiger partial charge in [-0.1, -0.05) is 6.07 Å². The van der Waals surface area contributed by atoms with Gasteiger partial charge >= 0.3 is 0 Å². The molecule has 0 spiro atoms. The van der Waals surface area contributed by atoms with E-state index in [4.69, 9.17) is 0 Å². The number of benzene rings is 2. The predicted octanol–water partition coefficient (Wildman–Crippen LogP) is 3.76. The Morgan fingerprint density at radius 3 is 2.48 bits per heavy atom. The van der Waals surface area contributed by atoms with Crippen LogP contribution in [0.1, 0.15) is 39.1 Å². The lowest BCUT2D eigenvalue weighted by molar-refractivity contribution is 0.0792. The minimum Gasteiger partial charge on any atom is -0.339 e. The Labute approximate surface area is 144 Å². The second kappa shape index (κ2) is 7.01. The standard InChI is InChI=1S/C19H18F2N2O2/c1-12-11-13(19(25)23-9-2-3-10-23)7-8-16(12)22-18(24)14-5-4-6-15(20)17(14)21/h4-8,11H,2-3,9-10H2,1H3,(H,22,24). The SMILES string of the molecule is Cc1cc(C(=O)N2CCCC2)ccc1NC(=O)c1cccc(F)c1F. The molecule has 130 valence electrons. The molecule has 2 aromatic rings. The van der Waals surface area contributed by atoms with Crippen LogP contribution in [0.25, 0.3) is 0 Å².